The second kappa shape index (κ2) is 4.66. The first-order valence-electron chi connectivity index (χ1n) is 7.41. The lowest BCUT2D eigenvalue weighted by molar-refractivity contribution is 0.0863. The van der Waals surface area contributed by atoms with E-state index in [1.807, 2.05) is 24.4 Å². The van der Waals surface area contributed by atoms with Gasteiger partial charge >= 0.3 is 0 Å². The zero-order valence-electron chi connectivity index (χ0n) is 11.7. The van der Waals surface area contributed by atoms with Crippen molar-refractivity contribution in [3.8, 4) is 0 Å². The molecule has 0 aromatic carbocycles. The molecule has 1 atom stereocenters. The smallest absolute Gasteiger partial charge is 0.252 e. The van der Waals surface area contributed by atoms with E-state index in [4.69, 9.17) is 0 Å². The number of rotatable bonds is 3. The number of hydrogen-bond donors (Lipinski definition) is 1. The predicted octanol–water partition coefficient (Wildman–Crippen LogP) is 2.34. The highest BCUT2D eigenvalue weighted by molar-refractivity contribution is 5.76. The van der Waals surface area contributed by atoms with Crippen LogP contribution in [0.1, 0.15) is 6.42 Å². The molecular weight excluding hydrogens is 274 g/mol. The molecule has 2 aliphatic rings. The summed E-state index contributed by atoms with van der Waals surface area (Å²) >= 11 is 0. The summed E-state index contributed by atoms with van der Waals surface area (Å²) in [5, 5.41) is 0. The van der Waals surface area contributed by atoms with Gasteiger partial charge in [-0.1, -0.05) is 0 Å². The van der Waals surface area contributed by atoms with Crippen molar-refractivity contribution >= 4 is 16.9 Å². The lowest BCUT2D eigenvalue weighted by Gasteiger charge is -2.35. The van der Waals surface area contributed by atoms with Crippen LogP contribution in [0.15, 0.2) is 24.4 Å². The van der Waals surface area contributed by atoms with Gasteiger partial charge in [-0.05, 0) is 18.2 Å². The lowest BCUT2D eigenvalue weighted by Crippen LogP contribution is -2.47. The van der Waals surface area contributed by atoms with Crippen LogP contribution in [0.25, 0.3) is 11.0 Å². The lowest BCUT2D eigenvalue weighted by atomic mass is 10.2. The van der Waals surface area contributed by atoms with Crippen LogP contribution in [0.4, 0.5) is 14.6 Å². The summed E-state index contributed by atoms with van der Waals surface area (Å²) in [6.45, 7) is 3.90. The van der Waals surface area contributed by atoms with E-state index >= 15 is 0 Å². The molecule has 1 unspecified atom stereocenters. The molecule has 1 N–H and O–H groups in total. The average molecular weight is 292 g/mol. The Morgan fingerprint density at radius 2 is 1.95 bits per heavy atom. The molecule has 0 amide bonds. The summed E-state index contributed by atoms with van der Waals surface area (Å²) in [5.74, 6) is -1.85. The second-order valence-electron chi connectivity index (χ2n) is 6.03. The fourth-order valence-electron chi connectivity index (χ4n) is 3.04. The van der Waals surface area contributed by atoms with Gasteiger partial charge in [-0.2, -0.15) is 0 Å². The molecule has 2 aromatic rings. The first-order valence-corrected chi connectivity index (χ1v) is 7.41. The number of nitrogens with zero attached hydrogens (tertiary/aromatic N) is 3. The summed E-state index contributed by atoms with van der Waals surface area (Å²) in [7, 11) is 0. The number of nitrogens with one attached hydrogen (secondary N) is 1. The molecule has 4 rings (SSSR count). The van der Waals surface area contributed by atoms with E-state index in [1.165, 1.54) is 0 Å². The third-order valence-corrected chi connectivity index (χ3v) is 4.52. The first kappa shape index (κ1) is 13.0. The maximum Gasteiger partial charge on any atom is 0.252 e. The van der Waals surface area contributed by atoms with Crippen molar-refractivity contribution in [2.24, 2.45) is 5.92 Å². The number of fused-ring (bicyclic) bond motifs is 1. The molecule has 1 saturated carbocycles. The van der Waals surface area contributed by atoms with Gasteiger partial charge in [0.25, 0.3) is 5.92 Å². The van der Waals surface area contributed by atoms with Gasteiger partial charge in [0, 0.05) is 51.3 Å². The SMILES string of the molecule is FC1(F)CC1CN1CCN(c2ccc3[nH]ccc3n2)CC1. The van der Waals surface area contributed by atoms with E-state index in [2.05, 4.69) is 19.8 Å². The van der Waals surface area contributed by atoms with Crippen molar-refractivity contribution in [1.82, 2.24) is 14.9 Å². The third kappa shape index (κ3) is 2.48. The van der Waals surface area contributed by atoms with Gasteiger partial charge in [-0.3, -0.25) is 4.90 Å². The van der Waals surface area contributed by atoms with Gasteiger partial charge in [0.05, 0.1) is 11.0 Å². The van der Waals surface area contributed by atoms with Crippen molar-refractivity contribution in [2.45, 2.75) is 12.3 Å². The van der Waals surface area contributed by atoms with Crippen molar-refractivity contribution in [2.75, 3.05) is 37.6 Å². The zero-order valence-corrected chi connectivity index (χ0v) is 11.7. The van der Waals surface area contributed by atoms with E-state index < -0.39 is 11.8 Å². The second-order valence-corrected chi connectivity index (χ2v) is 6.03. The topological polar surface area (TPSA) is 35.2 Å². The molecule has 4 nitrogen and oxygen atoms in total. The van der Waals surface area contributed by atoms with Gasteiger partial charge in [0.15, 0.2) is 0 Å². The van der Waals surface area contributed by atoms with E-state index in [0.717, 1.165) is 43.0 Å². The minimum atomic E-state index is -2.40. The van der Waals surface area contributed by atoms with E-state index in [-0.39, 0.29) is 6.42 Å². The minimum Gasteiger partial charge on any atom is -0.360 e. The Balaban J connectivity index is 1.38. The molecule has 112 valence electrons. The standard InChI is InChI=1S/C15H18F2N4/c16-15(17)9-11(15)10-20-5-7-21(8-6-20)14-2-1-12-13(19-14)3-4-18-12/h1-4,11,18H,5-10H2. The monoisotopic (exact) mass is 292 g/mol. The van der Waals surface area contributed by atoms with Crippen LogP contribution in [0, 0.1) is 5.92 Å². The van der Waals surface area contributed by atoms with Gasteiger partial charge in [-0.25, -0.2) is 13.8 Å². The molecule has 0 radical (unpaired) electrons. The van der Waals surface area contributed by atoms with Gasteiger partial charge < -0.3 is 9.88 Å². The Labute approximate surface area is 121 Å². The van der Waals surface area contributed by atoms with Crippen LogP contribution >= 0.6 is 0 Å². The summed E-state index contributed by atoms with van der Waals surface area (Å²) in [6.07, 6.45) is 1.95. The Morgan fingerprint density at radius 1 is 1.19 bits per heavy atom. The van der Waals surface area contributed by atoms with Crippen LogP contribution in [0.5, 0.6) is 0 Å². The number of anilines is 1. The maximum atomic E-state index is 13.0. The Bertz CT molecular complexity index is 646. The number of H-pyrrole nitrogens is 1. The quantitative estimate of drug-likeness (QED) is 0.943. The summed E-state index contributed by atoms with van der Waals surface area (Å²) in [4.78, 5) is 12.1. The Hall–Kier alpha value is -1.69. The number of aromatic nitrogens is 2. The van der Waals surface area contributed by atoms with E-state index in [0.29, 0.717) is 6.54 Å². The maximum absolute atomic E-state index is 13.0. The number of aromatic amines is 1. The minimum absolute atomic E-state index is 0.0684. The highest BCUT2D eigenvalue weighted by Crippen LogP contribution is 2.48. The fraction of sp³-hybridized carbons (Fsp3) is 0.533. The Kier molecular flexibility index (Phi) is 2.89. The number of alkyl halides is 2. The summed E-state index contributed by atoms with van der Waals surface area (Å²) < 4.78 is 25.9. The molecule has 1 aliphatic carbocycles. The number of pyridine rings is 1. The fourth-order valence-corrected chi connectivity index (χ4v) is 3.04. The Morgan fingerprint density at radius 3 is 2.67 bits per heavy atom. The largest absolute Gasteiger partial charge is 0.360 e. The molecule has 3 heterocycles. The molecule has 0 spiro atoms. The molecular formula is C15H18F2N4. The van der Waals surface area contributed by atoms with Crippen LogP contribution in [-0.4, -0.2) is 53.5 Å². The van der Waals surface area contributed by atoms with E-state index in [1.54, 1.807) is 0 Å². The van der Waals surface area contributed by atoms with Gasteiger partial charge in [-0.15, -0.1) is 0 Å². The van der Waals surface area contributed by atoms with Crippen molar-refractivity contribution in [3.05, 3.63) is 24.4 Å². The normalized spacial score (nSPS) is 25.4. The van der Waals surface area contributed by atoms with Crippen molar-refractivity contribution in [3.63, 3.8) is 0 Å². The number of piperazine rings is 1. The predicted molar refractivity (Wildman–Crippen MR) is 77.8 cm³/mol. The van der Waals surface area contributed by atoms with Crippen LogP contribution in [0.2, 0.25) is 0 Å². The highest BCUT2D eigenvalue weighted by Gasteiger charge is 2.57. The molecule has 6 heteroatoms. The van der Waals surface area contributed by atoms with Crippen LogP contribution in [0.3, 0.4) is 0 Å². The summed E-state index contributed by atoms with van der Waals surface area (Å²) in [5.41, 5.74) is 2.00. The van der Waals surface area contributed by atoms with Crippen LogP contribution < -0.4 is 4.90 Å². The number of halogens is 2. The number of hydrogen-bond acceptors (Lipinski definition) is 3. The van der Waals surface area contributed by atoms with E-state index in [9.17, 15) is 8.78 Å². The molecule has 2 aromatic heterocycles. The van der Waals surface area contributed by atoms with Crippen LogP contribution in [-0.2, 0) is 0 Å². The molecule has 1 aliphatic heterocycles. The highest BCUT2D eigenvalue weighted by atomic mass is 19.3. The first-order chi connectivity index (χ1) is 10.1. The van der Waals surface area contributed by atoms with Crippen molar-refractivity contribution in [1.29, 1.82) is 0 Å². The van der Waals surface area contributed by atoms with Gasteiger partial charge in [0.1, 0.15) is 5.82 Å². The average Bonchev–Trinajstić information content (AvgIpc) is 2.89. The van der Waals surface area contributed by atoms with Gasteiger partial charge in [0.2, 0.25) is 0 Å². The molecule has 1 saturated heterocycles. The summed E-state index contributed by atoms with van der Waals surface area (Å²) in [6, 6.07) is 6.02. The molecule has 21 heavy (non-hydrogen) atoms. The zero-order chi connectivity index (χ0) is 14.4. The molecule has 0 bridgehead atoms. The van der Waals surface area contributed by atoms with Crippen molar-refractivity contribution < 1.29 is 8.78 Å². The molecule has 2 fully saturated rings. The third-order valence-electron chi connectivity index (χ3n) is 4.52.